The molecule has 2 rings (SSSR count). The van der Waals surface area contributed by atoms with E-state index in [2.05, 4.69) is 10.1 Å². The largest absolute Gasteiger partial charge is 0.411 e. The number of benzene rings is 1. The van der Waals surface area contributed by atoms with E-state index in [-0.39, 0.29) is 6.42 Å². The summed E-state index contributed by atoms with van der Waals surface area (Å²) in [6.45, 7) is 1.83. The molecule has 22 heavy (non-hydrogen) atoms. The first-order chi connectivity index (χ1) is 10.6. The Labute approximate surface area is 126 Å². The first kappa shape index (κ1) is 15.8. The van der Waals surface area contributed by atoms with Gasteiger partial charge in [0.2, 0.25) is 0 Å². The second-order valence-corrected chi connectivity index (χ2v) is 4.64. The van der Waals surface area contributed by atoms with Gasteiger partial charge in [-0.1, -0.05) is 18.1 Å². The van der Waals surface area contributed by atoms with Gasteiger partial charge >= 0.3 is 0 Å². The SMILES string of the molecule is CC/C(=N\O)c1ccc(CC(=O)c2c(F)cccc2F)nc1. The number of oxime groups is 1. The van der Waals surface area contributed by atoms with Crippen molar-refractivity contribution in [2.24, 2.45) is 5.16 Å². The summed E-state index contributed by atoms with van der Waals surface area (Å²) in [5, 5.41) is 12.0. The van der Waals surface area contributed by atoms with E-state index in [9.17, 15) is 13.6 Å². The van der Waals surface area contributed by atoms with Crippen molar-refractivity contribution in [2.75, 3.05) is 0 Å². The van der Waals surface area contributed by atoms with Crippen LogP contribution >= 0.6 is 0 Å². The number of aromatic nitrogens is 1. The first-order valence-electron chi connectivity index (χ1n) is 6.70. The number of halogens is 2. The van der Waals surface area contributed by atoms with E-state index in [1.807, 2.05) is 6.92 Å². The Morgan fingerprint density at radius 2 is 1.91 bits per heavy atom. The van der Waals surface area contributed by atoms with Crippen molar-refractivity contribution in [1.82, 2.24) is 4.98 Å². The molecule has 2 aromatic rings. The van der Waals surface area contributed by atoms with Crippen molar-refractivity contribution >= 4 is 11.5 Å². The van der Waals surface area contributed by atoms with Crippen molar-refractivity contribution in [2.45, 2.75) is 19.8 Å². The molecule has 1 aromatic carbocycles. The molecule has 0 saturated carbocycles. The minimum atomic E-state index is -0.887. The number of carbonyl (C=O) groups excluding carboxylic acids is 1. The molecule has 6 heteroatoms. The molecule has 0 radical (unpaired) electrons. The minimum Gasteiger partial charge on any atom is -0.411 e. The average molecular weight is 304 g/mol. The van der Waals surface area contributed by atoms with Crippen molar-refractivity contribution in [3.05, 3.63) is 65.0 Å². The van der Waals surface area contributed by atoms with Gasteiger partial charge in [-0.05, 0) is 30.7 Å². The molecule has 114 valence electrons. The lowest BCUT2D eigenvalue weighted by Crippen LogP contribution is -2.10. The van der Waals surface area contributed by atoms with Crippen LogP contribution in [0.3, 0.4) is 0 Å². The number of hydrogen-bond donors (Lipinski definition) is 1. The Morgan fingerprint density at radius 3 is 2.41 bits per heavy atom. The number of carbonyl (C=O) groups is 1. The third-order valence-electron chi connectivity index (χ3n) is 3.20. The summed E-state index contributed by atoms with van der Waals surface area (Å²) >= 11 is 0. The quantitative estimate of drug-likeness (QED) is 0.399. The highest BCUT2D eigenvalue weighted by molar-refractivity contribution is 6.00. The van der Waals surface area contributed by atoms with Crippen LogP contribution in [0.4, 0.5) is 8.78 Å². The van der Waals surface area contributed by atoms with E-state index >= 15 is 0 Å². The summed E-state index contributed by atoms with van der Waals surface area (Å²) in [6, 6.07) is 6.49. The van der Waals surface area contributed by atoms with Crippen molar-refractivity contribution in [3.8, 4) is 0 Å². The maximum atomic E-state index is 13.5. The van der Waals surface area contributed by atoms with Gasteiger partial charge in [0.15, 0.2) is 5.78 Å². The zero-order valence-corrected chi connectivity index (χ0v) is 11.9. The van der Waals surface area contributed by atoms with E-state index in [4.69, 9.17) is 5.21 Å². The Morgan fingerprint density at radius 1 is 1.23 bits per heavy atom. The lowest BCUT2D eigenvalue weighted by molar-refractivity contribution is 0.0984. The Balaban J connectivity index is 2.19. The average Bonchev–Trinajstić information content (AvgIpc) is 2.50. The van der Waals surface area contributed by atoms with Gasteiger partial charge in [0, 0.05) is 17.5 Å². The zero-order valence-electron chi connectivity index (χ0n) is 11.9. The fraction of sp³-hybridized carbons (Fsp3) is 0.188. The highest BCUT2D eigenvalue weighted by atomic mass is 19.1. The summed E-state index contributed by atoms with van der Waals surface area (Å²) in [5.41, 5.74) is 0.910. The molecular weight excluding hydrogens is 290 g/mol. The summed E-state index contributed by atoms with van der Waals surface area (Å²) in [7, 11) is 0. The fourth-order valence-electron chi connectivity index (χ4n) is 2.05. The Hall–Kier alpha value is -2.63. The van der Waals surface area contributed by atoms with Gasteiger partial charge in [0.05, 0.1) is 17.7 Å². The van der Waals surface area contributed by atoms with Crippen molar-refractivity contribution in [1.29, 1.82) is 0 Å². The Bertz CT molecular complexity index is 692. The van der Waals surface area contributed by atoms with Crippen LogP contribution in [-0.2, 0) is 6.42 Å². The first-order valence-corrected chi connectivity index (χ1v) is 6.70. The van der Waals surface area contributed by atoms with Gasteiger partial charge in [0.1, 0.15) is 11.6 Å². The van der Waals surface area contributed by atoms with Crippen LogP contribution in [0.25, 0.3) is 0 Å². The molecule has 1 N–H and O–H groups in total. The molecule has 0 aliphatic rings. The second-order valence-electron chi connectivity index (χ2n) is 4.64. The summed E-state index contributed by atoms with van der Waals surface area (Å²) in [6.07, 6.45) is 1.77. The molecule has 1 heterocycles. The summed E-state index contributed by atoms with van der Waals surface area (Å²) < 4.78 is 27.1. The van der Waals surface area contributed by atoms with Gasteiger partial charge < -0.3 is 5.21 Å². The van der Waals surface area contributed by atoms with Gasteiger partial charge in [0.25, 0.3) is 0 Å². The molecule has 4 nitrogen and oxygen atoms in total. The van der Waals surface area contributed by atoms with Crippen LogP contribution in [-0.4, -0.2) is 21.7 Å². The highest BCUT2D eigenvalue weighted by Gasteiger charge is 2.17. The molecule has 1 aromatic heterocycles. The predicted octanol–water partition coefficient (Wildman–Crippen LogP) is 3.37. The Kier molecular flexibility index (Phi) is 4.93. The van der Waals surface area contributed by atoms with E-state index in [0.717, 1.165) is 12.1 Å². The van der Waals surface area contributed by atoms with Crippen LogP contribution in [0.2, 0.25) is 0 Å². The lowest BCUT2D eigenvalue weighted by Gasteiger charge is -2.05. The number of pyridine rings is 1. The fourth-order valence-corrected chi connectivity index (χ4v) is 2.05. The van der Waals surface area contributed by atoms with Crippen molar-refractivity contribution < 1.29 is 18.8 Å². The molecule has 0 aliphatic heterocycles. The molecule has 0 aliphatic carbocycles. The third-order valence-corrected chi connectivity index (χ3v) is 3.20. The smallest absolute Gasteiger partial charge is 0.174 e. The van der Waals surface area contributed by atoms with Crippen LogP contribution in [0, 0.1) is 11.6 Å². The number of nitrogens with zero attached hydrogens (tertiary/aromatic N) is 2. The van der Waals surface area contributed by atoms with Crippen LogP contribution in [0.5, 0.6) is 0 Å². The molecule has 0 unspecified atom stereocenters. The van der Waals surface area contributed by atoms with Crippen LogP contribution in [0.1, 0.15) is 35.0 Å². The van der Waals surface area contributed by atoms with E-state index in [0.29, 0.717) is 23.4 Å². The molecule has 0 amide bonds. The van der Waals surface area contributed by atoms with E-state index in [1.165, 1.54) is 12.3 Å². The number of ketones is 1. The number of rotatable bonds is 5. The summed E-state index contributed by atoms with van der Waals surface area (Å²) in [4.78, 5) is 16.1. The zero-order chi connectivity index (χ0) is 16.1. The minimum absolute atomic E-state index is 0.212. The van der Waals surface area contributed by atoms with Gasteiger partial charge in [-0.2, -0.15) is 0 Å². The molecule has 0 fully saturated rings. The van der Waals surface area contributed by atoms with E-state index < -0.39 is 23.0 Å². The van der Waals surface area contributed by atoms with Crippen LogP contribution < -0.4 is 0 Å². The van der Waals surface area contributed by atoms with Gasteiger partial charge in [-0.3, -0.25) is 9.78 Å². The summed E-state index contributed by atoms with van der Waals surface area (Å²) in [5.74, 6) is -2.45. The van der Waals surface area contributed by atoms with Gasteiger partial charge in [-0.25, -0.2) is 8.78 Å². The molecule has 0 saturated heterocycles. The highest BCUT2D eigenvalue weighted by Crippen LogP contribution is 2.15. The molecule has 0 atom stereocenters. The maximum absolute atomic E-state index is 13.5. The third kappa shape index (κ3) is 3.33. The van der Waals surface area contributed by atoms with Gasteiger partial charge in [-0.15, -0.1) is 0 Å². The van der Waals surface area contributed by atoms with Crippen molar-refractivity contribution in [3.63, 3.8) is 0 Å². The van der Waals surface area contributed by atoms with E-state index in [1.54, 1.807) is 12.1 Å². The standard InChI is InChI=1S/C16H14F2N2O2/c1-2-14(20-22)10-6-7-11(19-9-10)8-15(21)16-12(17)4-3-5-13(16)18/h3-7,9,22H,2,8H2,1H3/b20-14+. The topological polar surface area (TPSA) is 62.6 Å². The molecular formula is C16H14F2N2O2. The van der Waals surface area contributed by atoms with Crippen LogP contribution in [0.15, 0.2) is 41.7 Å². The predicted molar refractivity (Wildman–Crippen MR) is 77.2 cm³/mol. The number of Topliss-reactive ketones (excluding diaryl/α,β-unsaturated/α-hetero) is 1. The second kappa shape index (κ2) is 6.89. The lowest BCUT2D eigenvalue weighted by atomic mass is 10.0. The maximum Gasteiger partial charge on any atom is 0.174 e. The molecule has 0 spiro atoms. The molecule has 0 bridgehead atoms. The monoisotopic (exact) mass is 304 g/mol. The normalized spacial score (nSPS) is 11.5. The number of hydrogen-bond acceptors (Lipinski definition) is 4.